The van der Waals surface area contributed by atoms with Gasteiger partial charge in [0.1, 0.15) is 5.82 Å². The average molecular weight is 346 g/mol. The van der Waals surface area contributed by atoms with Crippen LogP contribution in [0.2, 0.25) is 0 Å². The molecule has 1 aliphatic rings. The SMILES string of the molecule is Cc1ccc(C(C)Nc2nc(N3CCCCC3)nc3ccccc23)cc1. The topological polar surface area (TPSA) is 41.1 Å². The Morgan fingerprint density at radius 3 is 2.42 bits per heavy atom. The molecule has 4 rings (SSSR count). The molecule has 1 aliphatic heterocycles. The molecular formula is C22H26N4. The fourth-order valence-electron chi connectivity index (χ4n) is 3.55. The van der Waals surface area contributed by atoms with Crippen molar-refractivity contribution in [3.8, 4) is 0 Å². The number of nitrogens with one attached hydrogen (secondary N) is 1. The number of aromatic nitrogens is 2. The lowest BCUT2D eigenvalue weighted by Gasteiger charge is -2.27. The van der Waals surface area contributed by atoms with E-state index in [9.17, 15) is 0 Å². The van der Waals surface area contributed by atoms with Crippen LogP contribution in [0.4, 0.5) is 11.8 Å². The highest BCUT2D eigenvalue weighted by Gasteiger charge is 2.17. The van der Waals surface area contributed by atoms with Crippen LogP contribution in [0.15, 0.2) is 48.5 Å². The lowest BCUT2D eigenvalue weighted by molar-refractivity contribution is 0.569. The molecule has 1 fully saturated rings. The summed E-state index contributed by atoms with van der Waals surface area (Å²) in [7, 11) is 0. The van der Waals surface area contributed by atoms with Crippen molar-refractivity contribution >= 4 is 22.7 Å². The fraction of sp³-hybridized carbons (Fsp3) is 0.364. The van der Waals surface area contributed by atoms with Gasteiger partial charge in [0, 0.05) is 24.5 Å². The smallest absolute Gasteiger partial charge is 0.227 e. The predicted molar refractivity (Wildman–Crippen MR) is 109 cm³/mol. The van der Waals surface area contributed by atoms with Crippen molar-refractivity contribution in [1.82, 2.24) is 9.97 Å². The van der Waals surface area contributed by atoms with Crippen molar-refractivity contribution in [1.29, 1.82) is 0 Å². The van der Waals surface area contributed by atoms with Gasteiger partial charge in [0.2, 0.25) is 5.95 Å². The van der Waals surface area contributed by atoms with Gasteiger partial charge in [0.05, 0.1) is 5.52 Å². The fourth-order valence-corrected chi connectivity index (χ4v) is 3.55. The Bertz CT molecular complexity index is 882. The molecule has 0 saturated carbocycles. The molecule has 0 amide bonds. The molecule has 0 radical (unpaired) electrons. The summed E-state index contributed by atoms with van der Waals surface area (Å²) in [4.78, 5) is 12.1. The number of para-hydroxylation sites is 1. The molecular weight excluding hydrogens is 320 g/mol. The van der Waals surface area contributed by atoms with E-state index < -0.39 is 0 Å². The summed E-state index contributed by atoms with van der Waals surface area (Å²) in [5.74, 6) is 1.77. The van der Waals surface area contributed by atoms with E-state index in [0.717, 1.165) is 35.8 Å². The summed E-state index contributed by atoms with van der Waals surface area (Å²) in [6.45, 7) is 6.39. The Morgan fingerprint density at radius 1 is 0.923 bits per heavy atom. The van der Waals surface area contributed by atoms with E-state index >= 15 is 0 Å². The van der Waals surface area contributed by atoms with E-state index in [-0.39, 0.29) is 6.04 Å². The van der Waals surface area contributed by atoms with Crippen LogP contribution in [0.1, 0.15) is 43.4 Å². The molecule has 1 unspecified atom stereocenters. The van der Waals surface area contributed by atoms with Crippen molar-refractivity contribution in [2.75, 3.05) is 23.3 Å². The van der Waals surface area contributed by atoms with Gasteiger partial charge in [-0.05, 0) is 50.8 Å². The highest BCUT2D eigenvalue weighted by Crippen LogP contribution is 2.28. The van der Waals surface area contributed by atoms with Gasteiger partial charge >= 0.3 is 0 Å². The van der Waals surface area contributed by atoms with Crippen molar-refractivity contribution < 1.29 is 0 Å². The van der Waals surface area contributed by atoms with Crippen LogP contribution in [-0.4, -0.2) is 23.1 Å². The van der Waals surface area contributed by atoms with Crippen LogP contribution in [-0.2, 0) is 0 Å². The van der Waals surface area contributed by atoms with Crippen LogP contribution in [0.3, 0.4) is 0 Å². The minimum Gasteiger partial charge on any atom is -0.363 e. The molecule has 2 heterocycles. The number of hydrogen-bond acceptors (Lipinski definition) is 4. The van der Waals surface area contributed by atoms with Crippen molar-refractivity contribution in [2.45, 2.75) is 39.2 Å². The first kappa shape index (κ1) is 16.8. The van der Waals surface area contributed by atoms with E-state index in [2.05, 4.69) is 60.5 Å². The van der Waals surface area contributed by atoms with Gasteiger partial charge in [-0.3, -0.25) is 0 Å². The van der Waals surface area contributed by atoms with E-state index in [0.29, 0.717) is 0 Å². The second kappa shape index (κ2) is 7.32. The van der Waals surface area contributed by atoms with Crippen LogP contribution in [0.25, 0.3) is 10.9 Å². The molecule has 1 atom stereocenters. The Balaban J connectivity index is 1.69. The van der Waals surface area contributed by atoms with Gasteiger partial charge in [-0.1, -0.05) is 42.0 Å². The summed E-state index contributed by atoms with van der Waals surface area (Å²) in [5.41, 5.74) is 3.54. The van der Waals surface area contributed by atoms with E-state index in [1.165, 1.54) is 30.4 Å². The van der Waals surface area contributed by atoms with Crippen molar-refractivity contribution in [2.24, 2.45) is 0 Å². The number of nitrogens with zero attached hydrogens (tertiary/aromatic N) is 3. The van der Waals surface area contributed by atoms with Crippen LogP contribution in [0.5, 0.6) is 0 Å². The monoisotopic (exact) mass is 346 g/mol. The number of piperidine rings is 1. The standard InChI is InChI=1S/C22H26N4/c1-16-10-12-18(13-11-16)17(2)23-21-19-8-4-5-9-20(19)24-22(25-21)26-14-6-3-7-15-26/h4-5,8-13,17H,3,6-7,14-15H2,1-2H3,(H,23,24,25). The third kappa shape index (κ3) is 3.50. The van der Waals surface area contributed by atoms with Gasteiger partial charge in [-0.25, -0.2) is 4.98 Å². The van der Waals surface area contributed by atoms with Gasteiger partial charge in [0.15, 0.2) is 0 Å². The van der Waals surface area contributed by atoms with Gasteiger partial charge in [-0.15, -0.1) is 0 Å². The molecule has 0 aliphatic carbocycles. The van der Waals surface area contributed by atoms with Gasteiger partial charge < -0.3 is 10.2 Å². The maximum atomic E-state index is 4.91. The van der Waals surface area contributed by atoms with E-state index in [1.807, 2.05) is 12.1 Å². The molecule has 0 bridgehead atoms. The summed E-state index contributed by atoms with van der Waals surface area (Å²) in [6, 6.07) is 17.1. The molecule has 4 heteroatoms. The van der Waals surface area contributed by atoms with E-state index in [1.54, 1.807) is 0 Å². The molecule has 134 valence electrons. The highest BCUT2D eigenvalue weighted by molar-refractivity contribution is 5.90. The first-order valence-electron chi connectivity index (χ1n) is 9.55. The largest absolute Gasteiger partial charge is 0.363 e. The summed E-state index contributed by atoms with van der Waals surface area (Å²) in [6.07, 6.45) is 3.75. The Kier molecular flexibility index (Phi) is 4.74. The number of rotatable bonds is 4. The third-order valence-corrected chi connectivity index (χ3v) is 5.16. The first-order valence-corrected chi connectivity index (χ1v) is 9.55. The molecule has 1 saturated heterocycles. The summed E-state index contributed by atoms with van der Waals surface area (Å²) in [5, 5.41) is 4.70. The molecule has 4 nitrogen and oxygen atoms in total. The third-order valence-electron chi connectivity index (χ3n) is 5.16. The molecule has 1 aromatic heterocycles. The zero-order valence-corrected chi connectivity index (χ0v) is 15.6. The molecule has 0 spiro atoms. The Hall–Kier alpha value is -2.62. The molecule has 3 aromatic rings. The maximum absolute atomic E-state index is 4.91. The summed E-state index contributed by atoms with van der Waals surface area (Å²) < 4.78 is 0. The minimum atomic E-state index is 0.183. The maximum Gasteiger partial charge on any atom is 0.227 e. The van der Waals surface area contributed by atoms with Gasteiger partial charge in [0.25, 0.3) is 0 Å². The number of aryl methyl sites for hydroxylation is 1. The quantitative estimate of drug-likeness (QED) is 0.713. The summed E-state index contributed by atoms with van der Waals surface area (Å²) >= 11 is 0. The Labute approximate surface area is 155 Å². The molecule has 1 N–H and O–H groups in total. The normalized spacial score (nSPS) is 15.8. The second-order valence-electron chi connectivity index (χ2n) is 7.21. The zero-order chi connectivity index (χ0) is 17.9. The molecule has 2 aromatic carbocycles. The second-order valence-corrected chi connectivity index (χ2v) is 7.21. The lowest BCUT2D eigenvalue weighted by atomic mass is 10.1. The minimum absolute atomic E-state index is 0.183. The van der Waals surface area contributed by atoms with Crippen LogP contribution >= 0.6 is 0 Å². The number of hydrogen-bond donors (Lipinski definition) is 1. The van der Waals surface area contributed by atoms with Gasteiger partial charge in [-0.2, -0.15) is 4.98 Å². The lowest BCUT2D eigenvalue weighted by Crippen LogP contribution is -2.31. The number of anilines is 2. The average Bonchev–Trinajstić information content (AvgIpc) is 2.69. The number of benzene rings is 2. The molecule has 26 heavy (non-hydrogen) atoms. The van der Waals surface area contributed by atoms with Crippen molar-refractivity contribution in [3.05, 3.63) is 59.7 Å². The highest BCUT2D eigenvalue weighted by atomic mass is 15.3. The Morgan fingerprint density at radius 2 is 1.65 bits per heavy atom. The zero-order valence-electron chi connectivity index (χ0n) is 15.6. The van der Waals surface area contributed by atoms with Crippen LogP contribution < -0.4 is 10.2 Å². The van der Waals surface area contributed by atoms with Crippen molar-refractivity contribution in [3.63, 3.8) is 0 Å². The van der Waals surface area contributed by atoms with Crippen LogP contribution in [0, 0.1) is 6.92 Å². The first-order chi connectivity index (χ1) is 12.7. The number of fused-ring (bicyclic) bond motifs is 1. The predicted octanol–water partition coefficient (Wildman–Crippen LogP) is 5.10. The van der Waals surface area contributed by atoms with E-state index in [4.69, 9.17) is 9.97 Å².